The minimum Gasteiger partial charge on any atom is -0.388 e. The maximum absolute atomic E-state index is 12.8. The molecule has 1 fully saturated rings. The lowest BCUT2D eigenvalue weighted by Gasteiger charge is -2.24. The molecule has 0 aliphatic carbocycles. The minimum absolute atomic E-state index is 0.198. The summed E-state index contributed by atoms with van der Waals surface area (Å²) in [7, 11) is 0. The number of nitrogens with one attached hydrogen (secondary N) is 1. The normalized spacial score (nSPS) is 25.3. The van der Waals surface area contributed by atoms with Gasteiger partial charge in [0.05, 0.1) is 5.60 Å². The van der Waals surface area contributed by atoms with E-state index in [1.807, 2.05) is 12.1 Å². The van der Waals surface area contributed by atoms with Crippen molar-refractivity contribution in [2.75, 3.05) is 18.1 Å². The third-order valence-electron chi connectivity index (χ3n) is 3.32. The first kappa shape index (κ1) is 13.8. The number of aliphatic hydroxyl groups is 1. The molecule has 1 aliphatic heterocycles. The molecule has 1 aliphatic rings. The number of rotatable bonds is 5. The summed E-state index contributed by atoms with van der Waals surface area (Å²) in [5, 5.41) is 13.6. The first-order chi connectivity index (χ1) is 8.57. The van der Waals surface area contributed by atoms with E-state index in [4.69, 9.17) is 0 Å². The molecule has 1 heterocycles. The maximum atomic E-state index is 12.8. The van der Waals surface area contributed by atoms with Crippen molar-refractivity contribution in [3.05, 3.63) is 35.6 Å². The molecule has 0 aromatic heterocycles. The monoisotopic (exact) mass is 269 g/mol. The average molecular weight is 269 g/mol. The zero-order valence-electron chi connectivity index (χ0n) is 10.7. The topological polar surface area (TPSA) is 32.3 Å². The summed E-state index contributed by atoms with van der Waals surface area (Å²) < 4.78 is 12.8. The highest BCUT2D eigenvalue weighted by atomic mass is 32.2. The highest BCUT2D eigenvalue weighted by Crippen LogP contribution is 2.27. The summed E-state index contributed by atoms with van der Waals surface area (Å²) >= 11 is 1.81. The fourth-order valence-corrected chi connectivity index (χ4v) is 3.44. The van der Waals surface area contributed by atoms with Crippen LogP contribution in [0, 0.1) is 5.82 Å². The molecule has 18 heavy (non-hydrogen) atoms. The highest BCUT2D eigenvalue weighted by Gasteiger charge is 2.31. The predicted molar refractivity (Wildman–Crippen MR) is 74.5 cm³/mol. The number of benzene rings is 1. The minimum atomic E-state index is -0.540. The van der Waals surface area contributed by atoms with E-state index in [-0.39, 0.29) is 11.9 Å². The Morgan fingerprint density at radius 2 is 2.17 bits per heavy atom. The van der Waals surface area contributed by atoms with E-state index in [0.717, 1.165) is 29.9 Å². The van der Waals surface area contributed by atoms with Gasteiger partial charge in [-0.05, 0) is 43.2 Å². The molecular formula is C14H20FNOS. The van der Waals surface area contributed by atoms with Crippen molar-refractivity contribution in [2.24, 2.45) is 0 Å². The summed E-state index contributed by atoms with van der Waals surface area (Å²) in [5.74, 6) is 1.67. The zero-order valence-corrected chi connectivity index (χ0v) is 11.5. The van der Waals surface area contributed by atoms with Gasteiger partial charge in [-0.25, -0.2) is 4.39 Å². The second kappa shape index (κ2) is 6.04. The van der Waals surface area contributed by atoms with E-state index in [1.165, 1.54) is 12.1 Å². The SMILES string of the molecule is CC(Cc1ccc(F)cc1)NCC1(O)CCSC1. The maximum Gasteiger partial charge on any atom is 0.123 e. The summed E-state index contributed by atoms with van der Waals surface area (Å²) in [4.78, 5) is 0. The lowest BCUT2D eigenvalue weighted by atomic mass is 10.0. The van der Waals surface area contributed by atoms with Crippen LogP contribution >= 0.6 is 11.8 Å². The van der Waals surface area contributed by atoms with E-state index < -0.39 is 5.60 Å². The fraction of sp³-hybridized carbons (Fsp3) is 0.571. The number of halogens is 1. The van der Waals surface area contributed by atoms with Crippen molar-refractivity contribution in [2.45, 2.75) is 31.4 Å². The Hall–Kier alpha value is -0.580. The van der Waals surface area contributed by atoms with Crippen LogP contribution < -0.4 is 5.32 Å². The van der Waals surface area contributed by atoms with Gasteiger partial charge in [-0.1, -0.05) is 12.1 Å². The van der Waals surface area contributed by atoms with E-state index in [9.17, 15) is 9.50 Å². The van der Waals surface area contributed by atoms with Crippen LogP contribution in [0.1, 0.15) is 18.9 Å². The molecule has 100 valence electrons. The zero-order chi connectivity index (χ0) is 13.0. The van der Waals surface area contributed by atoms with Gasteiger partial charge < -0.3 is 10.4 Å². The fourth-order valence-electron chi connectivity index (χ4n) is 2.15. The molecule has 0 bridgehead atoms. The molecule has 2 atom stereocenters. The van der Waals surface area contributed by atoms with Gasteiger partial charge in [0.15, 0.2) is 0 Å². The lowest BCUT2D eigenvalue weighted by molar-refractivity contribution is 0.0651. The molecule has 1 aromatic carbocycles. The van der Waals surface area contributed by atoms with Crippen molar-refractivity contribution in [1.29, 1.82) is 0 Å². The molecule has 0 radical (unpaired) electrons. The van der Waals surface area contributed by atoms with Gasteiger partial charge in [-0.15, -0.1) is 0 Å². The van der Waals surface area contributed by atoms with Crippen LogP contribution in [0.4, 0.5) is 4.39 Å². The van der Waals surface area contributed by atoms with E-state index >= 15 is 0 Å². The second-order valence-electron chi connectivity index (χ2n) is 5.14. The number of hydrogen-bond acceptors (Lipinski definition) is 3. The van der Waals surface area contributed by atoms with Crippen LogP contribution in [0.15, 0.2) is 24.3 Å². The molecule has 1 saturated heterocycles. The quantitative estimate of drug-likeness (QED) is 0.859. The van der Waals surface area contributed by atoms with Gasteiger partial charge in [0.2, 0.25) is 0 Å². The van der Waals surface area contributed by atoms with Crippen molar-refractivity contribution in [3.63, 3.8) is 0 Å². The third-order valence-corrected chi connectivity index (χ3v) is 4.55. The summed E-state index contributed by atoms with van der Waals surface area (Å²) in [6.45, 7) is 2.73. The van der Waals surface area contributed by atoms with E-state index in [0.29, 0.717) is 6.54 Å². The Balaban J connectivity index is 1.78. The van der Waals surface area contributed by atoms with Crippen LogP contribution in [-0.2, 0) is 6.42 Å². The Morgan fingerprint density at radius 3 is 2.78 bits per heavy atom. The van der Waals surface area contributed by atoms with Crippen LogP contribution in [-0.4, -0.2) is 34.8 Å². The van der Waals surface area contributed by atoms with Crippen LogP contribution in [0.5, 0.6) is 0 Å². The molecule has 2 N–H and O–H groups in total. The first-order valence-electron chi connectivity index (χ1n) is 6.35. The summed E-state index contributed by atoms with van der Waals surface area (Å²) in [6.07, 6.45) is 1.72. The molecule has 2 unspecified atom stereocenters. The first-order valence-corrected chi connectivity index (χ1v) is 7.51. The molecule has 0 amide bonds. The Labute approximate surface area is 112 Å². The average Bonchev–Trinajstić information content (AvgIpc) is 2.78. The molecule has 2 nitrogen and oxygen atoms in total. The van der Waals surface area contributed by atoms with Gasteiger partial charge in [-0.2, -0.15) is 11.8 Å². The van der Waals surface area contributed by atoms with Crippen LogP contribution in [0.2, 0.25) is 0 Å². The Morgan fingerprint density at radius 1 is 1.44 bits per heavy atom. The summed E-state index contributed by atoms with van der Waals surface area (Å²) in [6, 6.07) is 6.89. The van der Waals surface area contributed by atoms with Gasteiger partial charge in [0, 0.05) is 18.3 Å². The Bertz CT molecular complexity index is 376. The van der Waals surface area contributed by atoms with Gasteiger partial charge in [-0.3, -0.25) is 0 Å². The predicted octanol–water partition coefficient (Wildman–Crippen LogP) is 2.21. The molecular weight excluding hydrogens is 249 g/mol. The molecule has 2 rings (SSSR count). The molecule has 1 aromatic rings. The molecule has 0 saturated carbocycles. The molecule has 0 spiro atoms. The lowest BCUT2D eigenvalue weighted by Crippen LogP contribution is -2.44. The Kier molecular flexibility index (Phi) is 4.65. The van der Waals surface area contributed by atoms with Gasteiger partial charge >= 0.3 is 0 Å². The van der Waals surface area contributed by atoms with Gasteiger partial charge in [0.25, 0.3) is 0 Å². The number of hydrogen-bond donors (Lipinski definition) is 2. The summed E-state index contributed by atoms with van der Waals surface area (Å²) in [5.41, 5.74) is 0.575. The van der Waals surface area contributed by atoms with Crippen LogP contribution in [0.25, 0.3) is 0 Å². The van der Waals surface area contributed by atoms with Crippen molar-refractivity contribution in [3.8, 4) is 0 Å². The highest BCUT2D eigenvalue weighted by molar-refractivity contribution is 7.99. The van der Waals surface area contributed by atoms with E-state index in [2.05, 4.69) is 12.2 Å². The molecule has 4 heteroatoms. The number of thioether (sulfide) groups is 1. The largest absolute Gasteiger partial charge is 0.388 e. The van der Waals surface area contributed by atoms with Crippen molar-refractivity contribution >= 4 is 11.8 Å². The van der Waals surface area contributed by atoms with Gasteiger partial charge in [0.1, 0.15) is 5.82 Å². The second-order valence-corrected chi connectivity index (χ2v) is 6.24. The van der Waals surface area contributed by atoms with Crippen molar-refractivity contribution < 1.29 is 9.50 Å². The third kappa shape index (κ3) is 3.97. The standard InChI is InChI=1S/C14H20FNOS/c1-11(8-12-2-4-13(15)5-3-12)16-9-14(17)6-7-18-10-14/h2-5,11,16-17H,6-10H2,1H3. The van der Waals surface area contributed by atoms with Crippen LogP contribution in [0.3, 0.4) is 0 Å². The smallest absolute Gasteiger partial charge is 0.123 e. The van der Waals surface area contributed by atoms with Crippen molar-refractivity contribution in [1.82, 2.24) is 5.32 Å². The van der Waals surface area contributed by atoms with E-state index in [1.54, 1.807) is 11.8 Å².